The van der Waals surface area contributed by atoms with Crippen molar-refractivity contribution in [3.05, 3.63) is 12.2 Å². The fourth-order valence-electron chi connectivity index (χ4n) is 0.884. The Hall–Kier alpha value is -1.36. The van der Waals surface area contributed by atoms with E-state index >= 15 is 0 Å². The third-order valence-corrected chi connectivity index (χ3v) is 1.72. The molecule has 0 aliphatic carbocycles. The number of rotatable bonds is 1. The first-order valence-electron chi connectivity index (χ1n) is 4.74. The van der Waals surface area contributed by atoms with Gasteiger partial charge in [-0.25, -0.2) is 4.79 Å². The standard InChI is InChI=1S/C6H10O2.C4H6O3/c7-6-4-2-1-3-5-8-6;1-3(2)4(5)7-6/h1-5H2;6H,1H2,2H3. The molecule has 1 heterocycles. The van der Waals surface area contributed by atoms with Gasteiger partial charge in [-0.05, 0) is 26.2 Å². The van der Waals surface area contributed by atoms with Gasteiger partial charge in [0.25, 0.3) is 0 Å². The zero-order valence-corrected chi connectivity index (χ0v) is 8.82. The second kappa shape index (κ2) is 7.99. The van der Waals surface area contributed by atoms with Crippen LogP contribution >= 0.6 is 0 Å². The van der Waals surface area contributed by atoms with Gasteiger partial charge in [-0.15, -0.1) is 0 Å². The molecule has 0 radical (unpaired) electrons. The first-order valence-corrected chi connectivity index (χ1v) is 4.74. The van der Waals surface area contributed by atoms with Gasteiger partial charge in [0.2, 0.25) is 0 Å². The smallest absolute Gasteiger partial charge is 0.367 e. The van der Waals surface area contributed by atoms with E-state index in [0.29, 0.717) is 13.0 Å². The molecule has 5 heteroatoms. The van der Waals surface area contributed by atoms with Gasteiger partial charge in [0, 0.05) is 12.0 Å². The number of esters is 1. The zero-order chi connectivity index (χ0) is 11.7. The lowest BCUT2D eigenvalue weighted by Gasteiger charge is -1.93. The van der Waals surface area contributed by atoms with Crippen LogP contribution in [0.4, 0.5) is 0 Å². The molecule has 1 fully saturated rings. The Kier molecular flexibility index (Phi) is 7.27. The highest BCUT2D eigenvalue weighted by Gasteiger charge is 2.05. The molecule has 0 aromatic heterocycles. The number of ether oxygens (including phenoxy) is 1. The molecule has 15 heavy (non-hydrogen) atoms. The van der Waals surface area contributed by atoms with Crippen LogP contribution in [0.2, 0.25) is 0 Å². The summed E-state index contributed by atoms with van der Waals surface area (Å²) >= 11 is 0. The lowest BCUT2D eigenvalue weighted by molar-refractivity contribution is -0.229. The van der Waals surface area contributed by atoms with Crippen molar-refractivity contribution in [1.29, 1.82) is 0 Å². The maximum absolute atomic E-state index is 10.5. The van der Waals surface area contributed by atoms with Gasteiger partial charge in [0.15, 0.2) is 0 Å². The molecule has 1 N–H and O–H groups in total. The van der Waals surface area contributed by atoms with E-state index in [0.717, 1.165) is 19.3 Å². The van der Waals surface area contributed by atoms with Crippen LogP contribution in [-0.2, 0) is 19.2 Å². The van der Waals surface area contributed by atoms with Crippen LogP contribution in [0.15, 0.2) is 12.2 Å². The molecule has 0 spiro atoms. The van der Waals surface area contributed by atoms with Crippen molar-refractivity contribution in [1.82, 2.24) is 0 Å². The highest BCUT2D eigenvalue weighted by Crippen LogP contribution is 2.06. The van der Waals surface area contributed by atoms with E-state index in [9.17, 15) is 9.59 Å². The Labute approximate surface area is 88.6 Å². The predicted octanol–water partition coefficient (Wildman–Crippen LogP) is 1.68. The van der Waals surface area contributed by atoms with Gasteiger partial charge >= 0.3 is 11.9 Å². The van der Waals surface area contributed by atoms with E-state index in [1.54, 1.807) is 0 Å². The molecule has 0 atom stereocenters. The quantitative estimate of drug-likeness (QED) is 0.312. The Morgan fingerprint density at radius 3 is 2.60 bits per heavy atom. The van der Waals surface area contributed by atoms with Crippen molar-refractivity contribution in [3.63, 3.8) is 0 Å². The van der Waals surface area contributed by atoms with Gasteiger partial charge in [-0.1, -0.05) is 6.58 Å². The summed E-state index contributed by atoms with van der Waals surface area (Å²) in [5, 5.41) is 7.59. The minimum absolute atomic E-state index is 0.0255. The maximum atomic E-state index is 10.5. The summed E-state index contributed by atoms with van der Waals surface area (Å²) in [5.41, 5.74) is 0.183. The van der Waals surface area contributed by atoms with E-state index in [1.807, 2.05) is 0 Å². The van der Waals surface area contributed by atoms with Crippen molar-refractivity contribution in [2.45, 2.75) is 32.6 Å². The first-order chi connectivity index (χ1) is 7.07. The van der Waals surface area contributed by atoms with Crippen LogP contribution in [0.5, 0.6) is 0 Å². The van der Waals surface area contributed by atoms with E-state index in [1.165, 1.54) is 6.92 Å². The van der Waals surface area contributed by atoms with E-state index < -0.39 is 5.97 Å². The summed E-state index contributed by atoms with van der Waals surface area (Å²) in [6.07, 6.45) is 3.83. The largest absolute Gasteiger partial charge is 0.466 e. The first kappa shape index (κ1) is 13.6. The Balaban J connectivity index is 0.000000265. The molecule has 0 aromatic carbocycles. The van der Waals surface area contributed by atoms with Crippen molar-refractivity contribution < 1.29 is 24.5 Å². The Bertz CT molecular complexity index is 224. The fraction of sp³-hybridized carbons (Fsp3) is 0.600. The molecule has 0 bridgehead atoms. The molecule has 5 nitrogen and oxygen atoms in total. The van der Waals surface area contributed by atoms with Crippen LogP contribution < -0.4 is 0 Å². The number of carbonyl (C=O) groups excluding carboxylic acids is 2. The fourth-order valence-corrected chi connectivity index (χ4v) is 0.884. The van der Waals surface area contributed by atoms with Crippen molar-refractivity contribution >= 4 is 11.9 Å². The van der Waals surface area contributed by atoms with Gasteiger partial charge in [0.1, 0.15) is 0 Å². The molecular formula is C10H16O5. The minimum Gasteiger partial charge on any atom is -0.466 e. The Morgan fingerprint density at radius 1 is 1.47 bits per heavy atom. The summed E-state index contributed by atoms with van der Waals surface area (Å²) in [7, 11) is 0. The second-order valence-electron chi connectivity index (χ2n) is 3.19. The molecule has 0 unspecified atom stereocenters. The topological polar surface area (TPSA) is 72.8 Å². The molecule has 1 aliphatic rings. The molecule has 1 rings (SSSR count). The second-order valence-corrected chi connectivity index (χ2v) is 3.19. The van der Waals surface area contributed by atoms with Gasteiger partial charge < -0.3 is 4.74 Å². The SMILES string of the molecule is C=C(C)C(=O)OO.O=C1CCCCCO1. The highest BCUT2D eigenvalue weighted by molar-refractivity contribution is 5.86. The number of hydrogen-bond acceptors (Lipinski definition) is 5. The summed E-state index contributed by atoms with van der Waals surface area (Å²) in [6, 6.07) is 0. The van der Waals surface area contributed by atoms with Crippen LogP contribution in [0, 0.1) is 0 Å². The average molecular weight is 216 g/mol. The predicted molar refractivity (Wildman–Crippen MR) is 53.0 cm³/mol. The zero-order valence-electron chi connectivity index (χ0n) is 8.82. The van der Waals surface area contributed by atoms with Crippen LogP contribution in [0.25, 0.3) is 0 Å². The van der Waals surface area contributed by atoms with Crippen LogP contribution in [0.3, 0.4) is 0 Å². The van der Waals surface area contributed by atoms with Crippen molar-refractivity contribution in [2.75, 3.05) is 6.61 Å². The lowest BCUT2D eigenvalue weighted by atomic mass is 10.2. The third-order valence-electron chi connectivity index (χ3n) is 1.72. The number of hydrogen-bond donors (Lipinski definition) is 1. The van der Waals surface area contributed by atoms with Crippen molar-refractivity contribution in [2.24, 2.45) is 0 Å². The summed E-state index contributed by atoms with van der Waals surface area (Å²) in [6.45, 7) is 5.27. The molecule has 86 valence electrons. The summed E-state index contributed by atoms with van der Waals surface area (Å²) in [4.78, 5) is 23.7. The average Bonchev–Trinajstić information content (AvgIpc) is 2.45. The maximum Gasteiger partial charge on any atom is 0.367 e. The normalized spacial score (nSPS) is 15.2. The molecule has 1 saturated heterocycles. The molecule has 0 saturated carbocycles. The van der Waals surface area contributed by atoms with E-state index in [-0.39, 0.29) is 11.5 Å². The Morgan fingerprint density at radius 2 is 2.13 bits per heavy atom. The van der Waals surface area contributed by atoms with E-state index in [4.69, 9.17) is 9.99 Å². The third kappa shape index (κ3) is 7.69. The summed E-state index contributed by atoms with van der Waals surface area (Å²) < 4.78 is 4.76. The lowest BCUT2D eigenvalue weighted by Crippen LogP contribution is -2.00. The van der Waals surface area contributed by atoms with Crippen molar-refractivity contribution in [3.8, 4) is 0 Å². The molecule has 0 amide bonds. The monoisotopic (exact) mass is 216 g/mol. The molecular weight excluding hydrogens is 200 g/mol. The molecule has 0 aromatic rings. The number of carbonyl (C=O) groups is 2. The minimum atomic E-state index is -0.792. The molecule has 1 aliphatic heterocycles. The van der Waals surface area contributed by atoms with Gasteiger partial charge in [-0.3, -0.25) is 9.68 Å². The highest BCUT2D eigenvalue weighted by atomic mass is 17.1. The van der Waals surface area contributed by atoms with Gasteiger partial charge in [0.05, 0.1) is 6.61 Å². The van der Waals surface area contributed by atoms with Crippen LogP contribution in [-0.4, -0.2) is 23.8 Å². The van der Waals surface area contributed by atoms with Crippen LogP contribution in [0.1, 0.15) is 32.6 Å². The summed E-state index contributed by atoms with van der Waals surface area (Å²) in [5.74, 6) is -0.817. The number of cyclic esters (lactones) is 1. The van der Waals surface area contributed by atoms with Gasteiger partial charge in [-0.2, -0.15) is 5.26 Å². The van der Waals surface area contributed by atoms with E-state index in [2.05, 4.69) is 11.5 Å².